The monoisotopic (exact) mass is 154 g/mol. The van der Waals surface area contributed by atoms with Crippen LogP contribution in [0.2, 0.25) is 0 Å². The van der Waals surface area contributed by atoms with Gasteiger partial charge in [0.1, 0.15) is 0 Å². The third-order valence-electron chi connectivity index (χ3n) is 0.870. The van der Waals surface area contributed by atoms with Crippen molar-refractivity contribution in [3.63, 3.8) is 0 Å². The molecule has 0 spiro atoms. The maximum Gasteiger partial charge on any atom is -0.00937 e. The molecule has 0 saturated heterocycles. The lowest BCUT2D eigenvalue weighted by Crippen LogP contribution is -1.38. The van der Waals surface area contributed by atoms with Crippen LogP contribution in [0.5, 0.6) is 0 Å². The van der Waals surface area contributed by atoms with Crippen molar-refractivity contribution < 1.29 is 5.48 Å². The summed E-state index contributed by atoms with van der Waals surface area (Å²) in [5.74, 6) is 0. The van der Waals surface area contributed by atoms with E-state index in [1.54, 1.807) is 11.3 Å². The molecule has 2 N–H and O–H groups in total. The molecule has 0 aliphatic rings. The highest BCUT2D eigenvalue weighted by Crippen LogP contribution is 1.88. The molecule has 1 aromatic rings. The van der Waals surface area contributed by atoms with Crippen LogP contribution in [0.25, 0.3) is 0 Å². The van der Waals surface area contributed by atoms with E-state index in [0.29, 0.717) is 0 Å². The van der Waals surface area contributed by atoms with Crippen LogP contribution in [0.1, 0.15) is 0 Å². The molecule has 0 radical (unpaired) electrons. The molecular formula is C8H10OS. The van der Waals surface area contributed by atoms with E-state index in [4.69, 9.17) is 0 Å². The Kier molecular flexibility index (Phi) is 5.72. The maximum absolute atomic E-state index is 2.04. The number of hydrogen-bond acceptors (Lipinski definition) is 1. The molecule has 0 aromatic carbocycles. The lowest BCUT2D eigenvalue weighted by molar-refractivity contribution is 0.824. The Morgan fingerprint density at radius 1 is 0.600 bits per heavy atom. The van der Waals surface area contributed by atoms with E-state index in [9.17, 15) is 0 Å². The predicted molar refractivity (Wildman–Crippen MR) is 45.6 cm³/mol. The molecule has 1 nitrogen and oxygen atoms in total. The third kappa shape index (κ3) is 4.06. The molecule has 1 rings (SSSR count). The van der Waals surface area contributed by atoms with Crippen LogP contribution < -0.4 is 0 Å². The van der Waals surface area contributed by atoms with Gasteiger partial charge >= 0.3 is 0 Å². The Bertz CT molecular complexity index is 131. The van der Waals surface area contributed by atoms with Crippen LogP contribution >= 0.6 is 11.3 Å². The molecule has 1 aromatic heterocycles. The quantitative estimate of drug-likeness (QED) is 0.547. The van der Waals surface area contributed by atoms with E-state index in [0.717, 1.165) is 0 Å². The standard InChI is InChI=1S/C8H8S.H2O/c1-2-4-6-8-9-7-5-3-1;/h1-8H;1H2. The topological polar surface area (TPSA) is 31.5 Å². The zero-order valence-electron chi connectivity index (χ0n) is 5.53. The van der Waals surface area contributed by atoms with Crippen LogP contribution in [0.15, 0.2) is 47.2 Å². The fourth-order valence-electron chi connectivity index (χ4n) is 0.483. The van der Waals surface area contributed by atoms with Gasteiger partial charge in [-0.3, -0.25) is 0 Å². The summed E-state index contributed by atoms with van der Waals surface area (Å²) in [6.45, 7) is 0. The van der Waals surface area contributed by atoms with Gasteiger partial charge in [-0.1, -0.05) is 36.4 Å². The van der Waals surface area contributed by atoms with E-state index in [1.807, 2.05) is 47.2 Å². The van der Waals surface area contributed by atoms with Gasteiger partial charge < -0.3 is 5.48 Å². The minimum Gasteiger partial charge on any atom is -0.412 e. The molecule has 0 bridgehead atoms. The lowest BCUT2D eigenvalue weighted by atomic mass is 10.5. The molecular weight excluding hydrogens is 144 g/mol. The summed E-state index contributed by atoms with van der Waals surface area (Å²) >= 11 is 1.68. The van der Waals surface area contributed by atoms with Gasteiger partial charge in [0.2, 0.25) is 0 Å². The summed E-state index contributed by atoms with van der Waals surface area (Å²) in [4.78, 5) is 0. The molecule has 54 valence electrons. The summed E-state index contributed by atoms with van der Waals surface area (Å²) in [5.41, 5.74) is 0. The minimum atomic E-state index is 0. The Morgan fingerprint density at radius 3 is 1.50 bits per heavy atom. The molecule has 0 fully saturated rings. The summed E-state index contributed by atoms with van der Waals surface area (Å²) in [7, 11) is 0. The largest absolute Gasteiger partial charge is 0.412 e. The van der Waals surface area contributed by atoms with Gasteiger partial charge in [0.15, 0.2) is 0 Å². The van der Waals surface area contributed by atoms with Crippen molar-refractivity contribution in [3.05, 3.63) is 47.2 Å². The van der Waals surface area contributed by atoms with Crippen molar-refractivity contribution in [2.45, 2.75) is 0 Å². The van der Waals surface area contributed by atoms with Gasteiger partial charge in [-0.15, -0.1) is 0 Å². The maximum atomic E-state index is 2.04. The molecule has 0 unspecified atom stereocenters. The second kappa shape index (κ2) is 6.26. The first-order valence-electron chi connectivity index (χ1n) is 2.80. The van der Waals surface area contributed by atoms with Gasteiger partial charge in [0.25, 0.3) is 0 Å². The smallest absolute Gasteiger partial charge is 0.00937 e. The van der Waals surface area contributed by atoms with Crippen LogP contribution in [-0.2, 0) is 0 Å². The van der Waals surface area contributed by atoms with Crippen molar-refractivity contribution in [1.82, 2.24) is 0 Å². The van der Waals surface area contributed by atoms with E-state index in [2.05, 4.69) is 0 Å². The molecule has 0 atom stereocenters. The molecule has 1 heterocycles. The van der Waals surface area contributed by atoms with Gasteiger partial charge in [-0.2, -0.15) is 11.3 Å². The highest BCUT2D eigenvalue weighted by molar-refractivity contribution is 7.07. The summed E-state index contributed by atoms with van der Waals surface area (Å²) < 4.78 is 0. The molecule has 0 aliphatic carbocycles. The van der Waals surface area contributed by atoms with Crippen LogP contribution in [0.4, 0.5) is 0 Å². The minimum absolute atomic E-state index is 0. The fraction of sp³-hybridized carbons (Fsp3) is 0. The lowest BCUT2D eigenvalue weighted by Gasteiger charge is -1.59. The summed E-state index contributed by atoms with van der Waals surface area (Å²) in [6.07, 6.45) is 0. The molecule has 0 amide bonds. The van der Waals surface area contributed by atoms with Crippen LogP contribution in [0.3, 0.4) is 0 Å². The van der Waals surface area contributed by atoms with Crippen molar-refractivity contribution in [2.24, 2.45) is 0 Å². The Morgan fingerprint density at radius 2 is 1.00 bits per heavy atom. The van der Waals surface area contributed by atoms with Gasteiger partial charge in [-0.05, 0) is 10.8 Å². The Labute approximate surface area is 64.6 Å². The normalized spacial score (nSPS) is 7.20. The van der Waals surface area contributed by atoms with Crippen molar-refractivity contribution in [1.29, 1.82) is 0 Å². The fourth-order valence-corrected chi connectivity index (χ4v) is 0.937. The van der Waals surface area contributed by atoms with E-state index in [1.165, 1.54) is 0 Å². The molecule has 0 saturated carbocycles. The molecule has 2 heteroatoms. The summed E-state index contributed by atoms with van der Waals surface area (Å²) in [5, 5.41) is 4.08. The van der Waals surface area contributed by atoms with Crippen molar-refractivity contribution >= 4 is 11.3 Å². The molecule has 0 aliphatic heterocycles. The first-order chi connectivity index (χ1) is 4.50. The Hall–Kier alpha value is -0.860. The van der Waals surface area contributed by atoms with Crippen LogP contribution in [0, 0.1) is 0 Å². The van der Waals surface area contributed by atoms with Crippen molar-refractivity contribution in [3.8, 4) is 0 Å². The second-order valence-corrected chi connectivity index (χ2v) is 2.38. The first kappa shape index (κ1) is 9.14. The predicted octanol–water partition coefficient (Wildman–Crippen LogP) is 2.05. The molecule has 10 heavy (non-hydrogen) atoms. The summed E-state index contributed by atoms with van der Waals surface area (Å²) in [6, 6.07) is 12.1. The highest BCUT2D eigenvalue weighted by Gasteiger charge is 1.58. The first-order valence-corrected chi connectivity index (χ1v) is 3.75. The van der Waals surface area contributed by atoms with Gasteiger partial charge in [-0.25, -0.2) is 0 Å². The number of rotatable bonds is 0. The third-order valence-corrected chi connectivity index (χ3v) is 1.50. The Balaban J connectivity index is 0.000000810. The van der Waals surface area contributed by atoms with Crippen molar-refractivity contribution in [2.75, 3.05) is 0 Å². The zero-order valence-corrected chi connectivity index (χ0v) is 6.34. The van der Waals surface area contributed by atoms with Crippen LogP contribution in [-0.4, -0.2) is 5.48 Å². The van der Waals surface area contributed by atoms with Gasteiger partial charge in [0, 0.05) is 0 Å². The van der Waals surface area contributed by atoms with E-state index < -0.39 is 0 Å². The van der Waals surface area contributed by atoms with E-state index >= 15 is 0 Å². The SMILES string of the molecule is O.c1ccccsccc1. The average molecular weight is 154 g/mol. The van der Waals surface area contributed by atoms with Gasteiger partial charge in [0.05, 0.1) is 0 Å². The van der Waals surface area contributed by atoms with E-state index in [-0.39, 0.29) is 5.48 Å². The average Bonchev–Trinajstić information content (AvgIpc) is 2.00. The highest BCUT2D eigenvalue weighted by atomic mass is 32.1. The number of hydrogen-bond donors (Lipinski definition) is 0. The second-order valence-electron chi connectivity index (χ2n) is 1.56. The zero-order chi connectivity index (χ0) is 6.36.